The molecule has 0 amide bonds. The SMILES string of the molecule is COC(=O)C(NCCc1cccs1)c1ccccc1Cl.S. The largest absolute Gasteiger partial charge is 0.468 e. The summed E-state index contributed by atoms with van der Waals surface area (Å²) in [5, 5.41) is 5.82. The van der Waals surface area contributed by atoms with Gasteiger partial charge in [0.15, 0.2) is 0 Å². The number of hydrogen-bond acceptors (Lipinski definition) is 4. The molecule has 1 unspecified atom stereocenters. The minimum Gasteiger partial charge on any atom is -0.468 e. The summed E-state index contributed by atoms with van der Waals surface area (Å²) in [6.07, 6.45) is 0.871. The first-order valence-corrected chi connectivity index (χ1v) is 7.56. The number of ether oxygens (including phenoxy) is 1. The van der Waals surface area contributed by atoms with Gasteiger partial charge in [-0.1, -0.05) is 35.9 Å². The average molecular weight is 344 g/mol. The minimum absolute atomic E-state index is 0. The van der Waals surface area contributed by atoms with E-state index in [0.717, 1.165) is 12.0 Å². The molecule has 2 rings (SSSR count). The van der Waals surface area contributed by atoms with E-state index in [-0.39, 0.29) is 19.5 Å². The Morgan fingerprint density at radius 1 is 1.33 bits per heavy atom. The van der Waals surface area contributed by atoms with Gasteiger partial charge in [0.25, 0.3) is 0 Å². The second-order valence-electron chi connectivity index (χ2n) is 4.26. The average Bonchev–Trinajstić information content (AvgIpc) is 2.97. The summed E-state index contributed by atoms with van der Waals surface area (Å²) >= 11 is 7.86. The molecule has 0 aliphatic heterocycles. The molecule has 0 saturated carbocycles. The maximum atomic E-state index is 11.9. The van der Waals surface area contributed by atoms with Gasteiger partial charge in [-0.25, -0.2) is 4.79 Å². The minimum atomic E-state index is -0.534. The van der Waals surface area contributed by atoms with Crippen LogP contribution in [0, 0.1) is 0 Å². The predicted molar refractivity (Wildman–Crippen MR) is 92.6 cm³/mol. The van der Waals surface area contributed by atoms with Crippen molar-refractivity contribution >= 4 is 42.4 Å². The van der Waals surface area contributed by atoms with Crippen LogP contribution in [0.15, 0.2) is 41.8 Å². The lowest BCUT2D eigenvalue weighted by Gasteiger charge is -2.17. The van der Waals surface area contributed by atoms with Crippen LogP contribution in [0.3, 0.4) is 0 Å². The van der Waals surface area contributed by atoms with Gasteiger partial charge in [-0.15, -0.1) is 11.3 Å². The third-order valence-corrected chi connectivity index (χ3v) is 4.23. The normalized spacial score (nSPS) is 11.5. The smallest absolute Gasteiger partial charge is 0.327 e. The number of methoxy groups -OCH3 is 1. The maximum Gasteiger partial charge on any atom is 0.327 e. The van der Waals surface area contributed by atoms with E-state index in [4.69, 9.17) is 16.3 Å². The Balaban J connectivity index is 0.00000220. The number of hydrogen-bond donors (Lipinski definition) is 1. The molecule has 0 fully saturated rings. The van der Waals surface area contributed by atoms with E-state index >= 15 is 0 Å². The summed E-state index contributed by atoms with van der Waals surface area (Å²) in [7, 11) is 1.38. The number of esters is 1. The van der Waals surface area contributed by atoms with Crippen LogP contribution < -0.4 is 5.32 Å². The van der Waals surface area contributed by atoms with Crippen molar-refractivity contribution < 1.29 is 9.53 Å². The topological polar surface area (TPSA) is 38.3 Å². The Labute approximate surface area is 140 Å². The molecule has 21 heavy (non-hydrogen) atoms. The van der Waals surface area contributed by atoms with Crippen molar-refractivity contribution in [3.63, 3.8) is 0 Å². The van der Waals surface area contributed by atoms with Crippen molar-refractivity contribution in [2.75, 3.05) is 13.7 Å². The zero-order valence-electron chi connectivity index (χ0n) is 11.6. The van der Waals surface area contributed by atoms with E-state index in [1.807, 2.05) is 29.6 Å². The van der Waals surface area contributed by atoms with E-state index in [2.05, 4.69) is 11.4 Å². The first kappa shape index (κ1) is 18.0. The van der Waals surface area contributed by atoms with Crippen LogP contribution in [0.2, 0.25) is 5.02 Å². The highest BCUT2D eigenvalue weighted by molar-refractivity contribution is 7.59. The van der Waals surface area contributed by atoms with Gasteiger partial charge in [-0.05, 0) is 29.5 Å². The summed E-state index contributed by atoms with van der Waals surface area (Å²) in [6, 6.07) is 10.9. The van der Waals surface area contributed by atoms with Crippen LogP contribution in [-0.4, -0.2) is 19.6 Å². The first-order valence-electron chi connectivity index (χ1n) is 6.30. The molecule has 1 atom stereocenters. The second-order valence-corrected chi connectivity index (χ2v) is 5.70. The number of halogens is 1. The van der Waals surface area contributed by atoms with Crippen LogP contribution in [0.4, 0.5) is 0 Å². The van der Waals surface area contributed by atoms with Crippen molar-refractivity contribution in [1.29, 1.82) is 0 Å². The molecule has 0 saturated heterocycles. The third-order valence-electron chi connectivity index (χ3n) is 2.95. The zero-order chi connectivity index (χ0) is 14.4. The molecule has 6 heteroatoms. The van der Waals surface area contributed by atoms with Crippen LogP contribution in [0.1, 0.15) is 16.5 Å². The van der Waals surface area contributed by atoms with Crippen LogP contribution in [-0.2, 0) is 16.0 Å². The zero-order valence-corrected chi connectivity index (χ0v) is 14.2. The quantitative estimate of drug-likeness (QED) is 0.815. The summed E-state index contributed by atoms with van der Waals surface area (Å²) in [4.78, 5) is 13.2. The molecular formula is C15H18ClNO2S2. The number of carbonyl (C=O) groups excluding carboxylic acids is 1. The van der Waals surface area contributed by atoms with Gasteiger partial charge in [-0.2, -0.15) is 13.5 Å². The van der Waals surface area contributed by atoms with Crippen molar-refractivity contribution in [3.05, 3.63) is 57.2 Å². The fourth-order valence-electron chi connectivity index (χ4n) is 1.94. The number of rotatable bonds is 6. The lowest BCUT2D eigenvalue weighted by molar-refractivity contribution is -0.143. The maximum absolute atomic E-state index is 11.9. The Bertz CT molecular complexity index is 561. The molecule has 1 N–H and O–H groups in total. The fraction of sp³-hybridized carbons (Fsp3) is 0.267. The highest BCUT2D eigenvalue weighted by Crippen LogP contribution is 2.23. The summed E-state index contributed by atoms with van der Waals surface area (Å²) in [5.41, 5.74) is 0.743. The second kappa shape index (κ2) is 9.10. The van der Waals surface area contributed by atoms with Crippen LogP contribution >= 0.6 is 36.4 Å². The van der Waals surface area contributed by atoms with Crippen LogP contribution in [0.25, 0.3) is 0 Å². The summed E-state index contributed by atoms with van der Waals surface area (Å²) in [5.74, 6) is -0.329. The summed E-state index contributed by atoms with van der Waals surface area (Å²) in [6.45, 7) is 0.686. The Hall–Kier alpha value is -1.01. The van der Waals surface area contributed by atoms with E-state index in [0.29, 0.717) is 11.6 Å². The molecule has 3 nitrogen and oxygen atoms in total. The summed E-state index contributed by atoms with van der Waals surface area (Å²) < 4.78 is 4.85. The number of benzene rings is 1. The number of nitrogens with one attached hydrogen (secondary N) is 1. The molecule has 1 aromatic heterocycles. The molecule has 114 valence electrons. The molecule has 0 radical (unpaired) electrons. The lowest BCUT2D eigenvalue weighted by atomic mass is 10.1. The van der Waals surface area contributed by atoms with Gasteiger partial charge >= 0.3 is 5.97 Å². The molecule has 1 aromatic carbocycles. The van der Waals surface area contributed by atoms with Crippen LogP contribution in [0.5, 0.6) is 0 Å². The monoisotopic (exact) mass is 343 g/mol. The Morgan fingerprint density at radius 2 is 2.10 bits per heavy atom. The lowest BCUT2D eigenvalue weighted by Crippen LogP contribution is -2.31. The van der Waals surface area contributed by atoms with Gasteiger partial charge < -0.3 is 10.1 Å². The van der Waals surface area contributed by atoms with Gasteiger partial charge in [0.1, 0.15) is 6.04 Å². The van der Waals surface area contributed by atoms with Gasteiger partial charge in [0.2, 0.25) is 0 Å². The molecule has 1 heterocycles. The standard InChI is InChI=1S/C15H16ClNO2S.H2S/c1-19-15(18)14(12-6-2-3-7-13(12)16)17-9-8-11-5-4-10-20-11;/h2-7,10,14,17H,8-9H2,1H3;1H2. The van der Waals surface area contributed by atoms with E-state index in [1.54, 1.807) is 17.4 Å². The Morgan fingerprint density at radius 3 is 2.71 bits per heavy atom. The van der Waals surface area contributed by atoms with Crippen molar-refractivity contribution in [3.8, 4) is 0 Å². The van der Waals surface area contributed by atoms with E-state index < -0.39 is 6.04 Å². The molecular weight excluding hydrogens is 326 g/mol. The van der Waals surface area contributed by atoms with E-state index in [1.165, 1.54) is 12.0 Å². The predicted octanol–water partition coefficient (Wildman–Crippen LogP) is 3.56. The fourth-order valence-corrected chi connectivity index (χ4v) is 2.90. The van der Waals surface area contributed by atoms with Crippen molar-refractivity contribution in [2.45, 2.75) is 12.5 Å². The van der Waals surface area contributed by atoms with Gasteiger partial charge in [-0.3, -0.25) is 0 Å². The highest BCUT2D eigenvalue weighted by atomic mass is 35.5. The van der Waals surface area contributed by atoms with Gasteiger partial charge in [0.05, 0.1) is 7.11 Å². The van der Waals surface area contributed by atoms with Gasteiger partial charge in [0, 0.05) is 16.4 Å². The number of carbonyl (C=O) groups is 1. The molecule has 0 spiro atoms. The number of thiophene rings is 1. The molecule has 0 bridgehead atoms. The van der Waals surface area contributed by atoms with E-state index in [9.17, 15) is 4.79 Å². The highest BCUT2D eigenvalue weighted by Gasteiger charge is 2.22. The van der Waals surface area contributed by atoms with Crippen molar-refractivity contribution in [2.24, 2.45) is 0 Å². The first-order chi connectivity index (χ1) is 9.72. The Kier molecular flexibility index (Phi) is 7.82. The van der Waals surface area contributed by atoms with Crippen molar-refractivity contribution in [1.82, 2.24) is 5.32 Å². The molecule has 0 aliphatic rings. The molecule has 0 aliphatic carbocycles. The molecule has 2 aromatic rings. The third kappa shape index (κ3) is 5.04.